The predicted molar refractivity (Wildman–Crippen MR) is 69.1 cm³/mol. The van der Waals surface area contributed by atoms with E-state index in [0.717, 1.165) is 10.0 Å². The molecule has 1 aromatic heterocycles. The van der Waals surface area contributed by atoms with Gasteiger partial charge in [-0.15, -0.1) is 0 Å². The van der Waals surface area contributed by atoms with E-state index in [4.69, 9.17) is 9.84 Å². The highest BCUT2D eigenvalue weighted by atomic mass is 79.9. The molecule has 1 N–H and O–H groups in total. The zero-order valence-electron chi connectivity index (χ0n) is 9.35. The van der Waals surface area contributed by atoms with E-state index in [9.17, 15) is 0 Å². The summed E-state index contributed by atoms with van der Waals surface area (Å²) in [5.41, 5.74) is 1.76. The van der Waals surface area contributed by atoms with Gasteiger partial charge in [0.05, 0.1) is 6.61 Å². The number of ether oxygens (including phenoxy) is 1. The molecule has 0 fully saturated rings. The van der Waals surface area contributed by atoms with Crippen LogP contribution < -0.4 is 4.74 Å². The van der Waals surface area contributed by atoms with Crippen LogP contribution in [0.2, 0.25) is 0 Å². The van der Waals surface area contributed by atoms with Crippen molar-refractivity contribution in [2.75, 3.05) is 0 Å². The van der Waals surface area contributed by atoms with E-state index in [-0.39, 0.29) is 6.61 Å². The molecule has 0 radical (unpaired) electrons. The lowest BCUT2D eigenvalue weighted by Crippen LogP contribution is -1.94. The standard InChI is InChI=1S/C13H12BrNO2/c1-9-7-11(4-5-12(9)14)17-13-10(8-16)3-2-6-15-13/h2-7,16H,8H2,1H3. The molecular weight excluding hydrogens is 282 g/mol. The van der Waals surface area contributed by atoms with Gasteiger partial charge in [-0.2, -0.15) is 0 Å². The van der Waals surface area contributed by atoms with Crippen LogP contribution >= 0.6 is 15.9 Å². The van der Waals surface area contributed by atoms with Crippen molar-refractivity contribution < 1.29 is 9.84 Å². The summed E-state index contributed by atoms with van der Waals surface area (Å²) in [6.07, 6.45) is 1.64. The van der Waals surface area contributed by atoms with Gasteiger partial charge in [-0.25, -0.2) is 4.98 Å². The van der Waals surface area contributed by atoms with Crippen molar-refractivity contribution >= 4 is 15.9 Å². The van der Waals surface area contributed by atoms with Crippen LogP contribution in [-0.2, 0) is 6.61 Å². The second kappa shape index (κ2) is 5.29. The molecule has 0 unspecified atom stereocenters. The lowest BCUT2D eigenvalue weighted by Gasteiger charge is -2.09. The zero-order valence-corrected chi connectivity index (χ0v) is 10.9. The molecule has 1 aromatic carbocycles. The highest BCUT2D eigenvalue weighted by Crippen LogP contribution is 2.26. The van der Waals surface area contributed by atoms with E-state index < -0.39 is 0 Å². The van der Waals surface area contributed by atoms with Crippen molar-refractivity contribution in [2.24, 2.45) is 0 Å². The Kier molecular flexibility index (Phi) is 3.76. The van der Waals surface area contributed by atoms with Crippen molar-refractivity contribution in [2.45, 2.75) is 13.5 Å². The highest BCUT2D eigenvalue weighted by Gasteiger charge is 2.05. The molecule has 3 nitrogen and oxygen atoms in total. The third-order valence-corrected chi connectivity index (χ3v) is 3.25. The van der Waals surface area contributed by atoms with Gasteiger partial charge in [-0.05, 0) is 42.8 Å². The maximum atomic E-state index is 9.17. The minimum absolute atomic E-state index is 0.0846. The van der Waals surface area contributed by atoms with Gasteiger partial charge in [0.2, 0.25) is 5.88 Å². The summed E-state index contributed by atoms with van der Waals surface area (Å²) in [6.45, 7) is 1.90. The fraction of sp³-hybridized carbons (Fsp3) is 0.154. The molecule has 0 aliphatic rings. The molecule has 2 aromatic rings. The van der Waals surface area contributed by atoms with Gasteiger partial charge in [-0.1, -0.05) is 15.9 Å². The molecule has 0 amide bonds. The van der Waals surface area contributed by atoms with Crippen LogP contribution in [0.3, 0.4) is 0 Å². The van der Waals surface area contributed by atoms with Crippen molar-refractivity contribution in [3.05, 3.63) is 52.1 Å². The van der Waals surface area contributed by atoms with E-state index in [1.54, 1.807) is 18.3 Å². The Hall–Kier alpha value is -1.39. The van der Waals surface area contributed by atoms with E-state index in [0.29, 0.717) is 17.2 Å². The van der Waals surface area contributed by atoms with Gasteiger partial charge in [0.15, 0.2) is 0 Å². The number of aryl methyl sites for hydroxylation is 1. The Bertz CT molecular complexity index is 529. The van der Waals surface area contributed by atoms with E-state index in [1.807, 2.05) is 25.1 Å². The monoisotopic (exact) mass is 293 g/mol. The van der Waals surface area contributed by atoms with Gasteiger partial charge in [-0.3, -0.25) is 0 Å². The molecule has 0 aliphatic heterocycles. The minimum atomic E-state index is -0.0846. The Morgan fingerprint density at radius 2 is 2.18 bits per heavy atom. The average Bonchev–Trinajstić information content (AvgIpc) is 2.34. The van der Waals surface area contributed by atoms with Crippen molar-refractivity contribution in [1.29, 1.82) is 0 Å². The van der Waals surface area contributed by atoms with Gasteiger partial charge in [0.1, 0.15) is 5.75 Å². The lowest BCUT2D eigenvalue weighted by atomic mass is 10.2. The Balaban J connectivity index is 2.28. The van der Waals surface area contributed by atoms with Crippen LogP contribution in [0.15, 0.2) is 41.0 Å². The summed E-state index contributed by atoms with van der Waals surface area (Å²) in [7, 11) is 0. The van der Waals surface area contributed by atoms with Crippen LogP contribution in [0.1, 0.15) is 11.1 Å². The quantitative estimate of drug-likeness (QED) is 0.943. The fourth-order valence-corrected chi connectivity index (χ4v) is 1.68. The molecule has 88 valence electrons. The molecular formula is C13H12BrNO2. The molecule has 0 spiro atoms. The number of aliphatic hydroxyl groups is 1. The number of nitrogens with zero attached hydrogens (tertiary/aromatic N) is 1. The first kappa shape index (κ1) is 12.1. The van der Waals surface area contributed by atoms with Crippen LogP contribution in [-0.4, -0.2) is 10.1 Å². The van der Waals surface area contributed by atoms with Crippen LogP contribution in [0.25, 0.3) is 0 Å². The van der Waals surface area contributed by atoms with E-state index in [2.05, 4.69) is 20.9 Å². The van der Waals surface area contributed by atoms with Gasteiger partial charge in [0.25, 0.3) is 0 Å². The van der Waals surface area contributed by atoms with Crippen molar-refractivity contribution in [3.63, 3.8) is 0 Å². The largest absolute Gasteiger partial charge is 0.439 e. The summed E-state index contributed by atoms with van der Waals surface area (Å²) in [4.78, 5) is 4.10. The molecule has 0 bridgehead atoms. The number of rotatable bonds is 3. The first-order valence-electron chi connectivity index (χ1n) is 5.19. The predicted octanol–water partition coefficient (Wildman–Crippen LogP) is 3.44. The molecule has 2 rings (SSSR count). The van der Waals surface area contributed by atoms with Gasteiger partial charge in [0, 0.05) is 16.2 Å². The number of aliphatic hydroxyl groups excluding tert-OH is 1. The summed E-state index contributed by atoms with van der Waals surface area (Å²) >= 11 is 3.43. The average molecular weight is 294 g/mol. The second-order valence-corrected chi connectivity index (χ2v) is 4.49. The molecule has 0 atom stereocenters. The van der Waals surface area contributed by atoms with Crippen LogP contribution in [0, 0.1) is 6.92 Å². The second-order valence-electron chi connectivity index (χ2n) is 3.64. The summed E-state index contributed by atoms with van der Waals surface area (Å²) < 4.78 is 6.68. The summed E-state index contributed by atoms with van der Waals surface area (Å²) in [5.74, 6) is 1.15. The minimum Gasteiger partial charge on any atom is -0.439 e. The third-order valence-electron chi connectivity index (χ3n) is 2.36. The number of pyridine rings is 1. The zero-order chi connectivity index (χ0) is 12.3. The van der Waals surface area contributed by atoms with Crippen molar-refractivity contribution in [1.82, 2.24) is 4.98 Å². The smallest absolute Gasteiger partial charge is 0.224 e. The highest BCUT2D eigenvalue weighted by molar-refractivity contribution is 9.10. The van der Waals surface area contributed by atoms with Gasteiger partial charge >= 0.3 is 0 Å². The fourth-order valence-electron chi connectivity index (χ4n) is 1.43. The number of aromatic nitrogens is 1. The van der Waals surface area contributed by atoms with Crippen LogP contribution in [0.4, 0.5) is 0 Å². The lowest BCUT2D eigenvalue weighted by molar-refractivity contribution is 0.275. The maximum absolute atomic E-state index is 9.17. The van der Waals surface area contributed by atoms with E-state index >= 15 is 0 Å². The molecule has 0 aliphatic carbocycles. The number of hydrogen-bond acceptors (Lipinski definition) is 3. The molecule has 1 heterocycles. The SMILES string of the molecule is Cc1cc(Oc2ncccc2CO)ccc1Br. The molecule has 17 heavy (non-hydrogen) atoms. The number of hydrogen-bond donors (Lipinski definition) is 1. The first-order valence-corrected chi connectivity index (χ1v) is 5.99. The summed E-state index contributed by atoms with van der Waals surface area (Å²) in [6, 6.07) is 9.25. The normalized spacial score (nSPS) is 10.3. The first-order chi connectivity index (χ1) is 8.20. The topological polar surface area (TPSA) is 42.4 Å². The molecule has 0 saturated heterocycles. The Morgan fingerprint density at radius 1 is 1.35 bits per heavy atom. The Morgan fingerprint density at radius 3 is 2.88 bits per heavy atom. The molecule has 0 saturated carbocycles. The number of benzene rings is 1. The molecule has 4 heteroatoms. The van der Waals surface area contributed by atoms with E-state index in [1.165, 1.54) is 0 Å². The number of halogens is 1. The third kappa shape index (κ3) is 2.84. The van der Waals surface area contributed by atoms with Gasteiger partial charge < -0.3 is 9.84 Å². The maximum Gasteiger partial charge on any atom is 0.224 e. The van der Waals surface area contributed by atoms with Crippen LogP contribution in [0.5, 0.6) is 11.6 Å². The summed E-state index contributed by atoms with van der Waals surface area (Å²) in [5, 5.41) is 9.17. The van der Waals surface area contributed by atoms with Crippen molar-refractivity contribution in [3.8, 4) is 11.6 Å². The Labute approximate surface area is 108 Å².